The predicted molar refractivity (Wildman–Crippen MR) is 59.0 cm³/mol. The molecule has 0 aliphatic carbocycles. The number of pyridine rings is 1. The van der Waals surface area contributed by atoms with Crippen LogP contribution in [0.1, 0.15) is 35.7 Å². The molecule has 6 heteroatoms. The molecule has 18 heavy (non-hydrogen) atoms. The van der Waals surface area contributed by atoms with E-state index in [1.807, 2.05) is 0 Å². The van der Waals surface area contributed by atoms with Crippen molar-refractivity contribution in [2.24, 2.45) is 0 Å². The van der Waals surface area contributed by atoms with Gasteiger partial charge in [-0.05, 0) is 19.4 Å². The average Bonchev–Trinajstić information content (AvgIpc) is 2.30. The lowest BCUT2D eigenvalue weighted by molar-refractivity contribution is -0.142. The van der Waals surface area contributed by atoms with E-state index in [-0.39, 0.29) is 24.3 Å². The van der Waals surface area contributed by atoms with Gasteiger partial charge < -0.3 is 4.74 Å². The van der Waals surface area contributed by atoms with Gasteiger partial charge in [-0.1, -0.05) is 0 Å². The van der Waals surface area contributed by atoms with E-state index in [9.17, 15) is 13.6 Å². The highest BCUT2D eigenvalue weighted by Gasteiger charge is 2.22. The summed E-state index contributed by atoms with van der Waals surface area (Å²) < 4.78 is 30.6. The first-order valence-corrected chi connectivity index (χ1v) is 5.33. The number of hydrogen-bond acceptors (Lipinski definition) is 4. The van der Waals surface area contributed by atoms with E-state index in [1.54, 1.807) is 13.0 Å². The number of hydrogen-bond donors (Lipinski definition) is 0. The standard InChI is InChI=1S/C12H12F2N2O2/c1-3-18-10(17)4-9-11(12(13)14)8(5-15)7(2)6-16-9/h6,12H,3-4H2,1-2H3. The first-order chi connectivity index (χ1) is 8.51. The number of ether oxygens (including phenoxy) is 1. The van der Waals surface area contributed by atoms with Crippen LogP contribution in [0, 0.1) is 18.3 Å². The molecule has 0 radical (unpaired) electrons. The highest BCUT2D eigenvalue weighted by molar-refractivity contribution is 5.73. The van der Waals surface area contributed by atoms with Gasteiger partial charge in [-0.2, -0.15) is 5.26 Å². The maximum atomic E-state index is 12.9. The molecule has 0 atom stereocenters. The molecule has 0 aromatic carbocycles. The van der Waals surface area contributed by atoms with Gasteiger partial charge in [0.1, 0.15) is 6.07 Å². The van der Waals surface area contributed by atoms with Crippen LogP contribution in [0.3, 0.4) is 0 Å². The molecular formula is C12H12F2N2O2. The Balaban J connectivity index is 3.20. The van der Waals surface area contributed by atoms with E-state index in [0.29, 0.717) is 5.56 Å². The quantitative estimate of drug-likeness (QED) is 0.773. The van der Waals surface area contributed by atoms with Crippen LogP contribution in [0.2, 0.25) is 0 Å². The van der Waals surface area contributed by atoms with Crippen molar-refractivity contribution in [2.75, 3.05) is 6.61 Å². The lowest BCUT2D eigenvalue weighted by Crippen LogP contribution is -2.12. The fourth-order valence-corrected chi connectivity index (χ4v) is 1.54. The molecule has 0 spiro atoms. The Kier molecular flexibility index (Phi) is 4.72. The molecule has 96 valence electrons. The highest BCUT2D eigenvalue weighted by Crippen LogP contribution is 2.27. The van der Waals surface area contributed by atoms with Gasteiger partial charge in [0.15, 0.2) is 0 Å². The van der Waals surface area contributed by atoms with Gasteiger partial charge in [0.05, 0.1) is 29.8 Å². The summed E-state index contributed by atoms with van der Waals surface area (Å²) in [6.45, 7) is 3.31. The first-order valence-electron chi connectivity index (χ1n) is 5.33. The molecular weight excluding hydrogens is 242 g/mol. The van der Waals surface area contributed by atoms with Crippen molar-refractivity contribution in [2.45, 2.75) is 26.7 Å². The Labute approximate surface area is 103 Å². The molecule has 0 saturated carbocycles. The number of nitrogens with zero attached hydrogens (tertiary/aromatic N) is 2. The second kappa shape index (κ2) is 6.05. The van der Waals surface area contributed by atoms with E-state index in [0.717, 1.165) is 0 Å². The number of halogens is 2. The highest BCUT2D eigenvalue weighted by atomic mass is 19.3. The maximum Gasteiger partial charge on any atom is 0.311 e. The summed E-state index contributed by atoms with van der Waals surface area (Å²) in [5, 5.41) is 8.88. The molecule has 1 rings (SSSR count). The van der Waals surface area contributed by atoms with Gasteiger partial charge in [0.2, 0.25) is 0 Å². The van der Waals surface area contributed by atoms with Crippen LogP contribution in [-0.2, 0) is 16.0 Å². The molecule has 0 N–H and O–H groups in total. The van der Waals surface area contributed by atoms with Crippen LogP contribution in [0.5, 0.6) is 0 Å². The predicted octanol–water partition coefficient (Wildman–Crippen LogP) is 2.30. The number of esters is 1. The van der Waals surface area contributed by atoms with Crippen molar-refractivity contribution < 1.29 is 18.3 Å². The van der Waals surface area contributed by atoms with E-state index in [4.69, 9.17) is 5.26 Å². The van der Waals surface area contributed by atoms with Crippen LogP contribution in [0.15, 0.2) is 6.20 Å². The summed E-state index contributed by atoms with van der Waals surface area (Å²) in [6, 6.07) is 1.72. The minimum Gasteiger partial charge on any atom is -0.466 e. The number of carbonyl (C=O) groups excluding carboxylic acids is 1. The normalized spacial score (nSPS) is 10.2. The maximum absolute atomic E-state index is 12.9. The molecule has 0 unspecified atom stereocenters. The lowest BCUT2D eigenvalue weighted by Gasteiger charge is -2.11. The number of aryl methyl sites for hydroxylation is 1. The smallest absolute Gasteiger partial charge is 0.311 e. The monoisotopic (exact) mass is 254 g/mol. The summed E-state index contributed by atoms with van der Waals surface area (Å²) in [7, 11) is 0. The van der Waals surface area contributed by atoms with Gasteiger partial charge in [-0.3, -0.25) is 9.78 Å². The second-order valence-corrected chi connectivity index (χ2v) is 3.57. The fraction of sp³-hybridized carbons (Fsp3) is 0.417. The third-order valence-electron chi connectivity index (χ3n) is 2.34. The molecule has 0 amide bonds. The fourth-order valence-electron chi connectivity index (χ4n) is 1.54. The summed E-state index contributed by atoms with van der Waals surface area (Å²) in [4.78, 5) is 15.1. The van der Waals surface area contributed by atoms with Crippen molar-refractivity contribution in [3.05, 3.63) is 28.6 Å². The SMILES string of the molecule is CCOC(=O)Cc1ncc(C)c(C#N)c1C(F)F. The topological polar surface area (TPSA) is 63.0 Å². The molecule has 0 bridgehead atoms. The Morgan fingerprint density at radius 3 is 2.78 bits per heavy atom. The minimum atomic E-state index is -2.85. The molecule has 1 aromatic heterocycles. The van der Waals surface area contributed by atoms with Gasteiger partial charge in [0, 0.05) is 6.20 Å². The molecule has 0 aliphatic heterocycles. The number of carbonyl (C=O) groups is 1. The van der Waals surface area contributed by atoms with Crippen LogP contribution in [-0.4, -0.2) is 17.6 Å². The number of alkyl halides is 2. The van der Waals surface area contributed by atoms with E-state index >= 15 is 0 Å². The third kappa shape index (κ3) is 3.00. The molecule has 1 heterocycles. The van der Waals surface area contributed by atoms with Crippen LogP contribution in [0.4, 0.5) is 8.78 Å². The Hall–Kier alpha value is -2.03. The molecule has 4 nitrogen and oxygen atoms in total. The minimum absolute atomic E-state index is 0.106. The summed E-state index contributed by atoms with van der Waals surface area (Å²) in [6.07, 6.45) is -1.90. The van der Waals surface area contributed by atoms with Gasteiger partial charge in [-0.15, -0.1) is 0 Å². The number of aromatic nitrogens is 1. The van der Waals surface area contributed by atoms with E-state index < -0.39 is 18.0 Å². The van der Waals surface area contributed by atoms with Crippen molar-refractivity contribution in [1.82, 2.24) is 4.98 Å². The zero-order chi connectivity index (χ0) is 13.7. The van der Waals surface area contributed by atoms with Crippen molar-refractivity contribution in [1.29, 1.82) is 5.26 Å². The van der Waals surface area contributed by atoms with E-state index in [2.05, 4.69) is 9.72 Å². The van der Waals surface area contributed by atoms with Crippen molar-refractivity contribution in [3.63, 3.8) is 0 Å². The Morgan fingerprint density at radius 2 is 2.28 bits per heavy atom. The molecule has 0 saturated heterocycles. The van der Waals surface area contributed by atoms with Gasteiger partial charge >= 0.3 is 5.97 Å². The number of rotatable bonds is 4. The molecule has 0 aliphatic rings. The summed E-state index contributed by atoms with van der Waals surface area (Å²) in [5.41, 5.74) is -0.351. The van der Waals surface area contributed by atoms with Crippen molar-refractivity contribution in [3.8, 4) is 6.07 Å². The summed E-state index contributed by atoms with van der Waals surface area (Å²) >= 11 is 0. The second-order valence-electron chi connectivity index (χ2n) is 3.57. The summed E-state index contributed by atoms with van der Waals surface area (Å²) in [5.74, 6) is -0.639. The largest absolute Gasteiger partial charge is 0.466 e. The zero-order valence-corrected chi connectivity index (χ0v) is 10.0. The van der Waals surface area contributed by atoms with Gasteiger partial charge in [0.25, 0.3) is 6.43 Å². The number of nitriles is 1. The lowest BCUT2D eigenvalue weighted by atomic mass is 10.0. The molecule has 1 aromatic rings. The Morgan fingerprint density at radius 1 is 1.61 bits per heavy atom. The van der Waals surface area contributed by atoms with E-state index in [1.165, 1.54) is 13.1 Å². The van der Waals surface area contributed by atoms with Crippen molar-refractivity contribution >= 4 is 5.97 Å². The first kappa shape index (κ1) is 14.0. The van der Waals surface area contributed by atoms with Crippen LogP contribution < -0.4 is 0 Å². The van der Waals surface area contributed by atoms with Crippen LogP contribution >= 0.6 is 0 Å². The zero-order valence-electron chi connectivity index (χ0n) is 10.0. The van der Waals surface area contributed by atoms with Gasteiger partial charge in [-0.25, -0.2) is 8.78 Å². The molecule has 0 fully saturated rings. The third-order valence-corrected chi connectivity index (χ3v) is 2.34. The Bertz CT molecular complexity index is 496. The average molecular weight is 254 g/mol. The van der Waals surface area contributed by atoms with Crippen LogP contribution in [0.25, 0.3) is 0 Å².